The molecule has 0 bridgehead atoms. The molecule has 18 atom stereocenters. The van der Waals surface area contributed by atoms with E-state index in [0.29, 0.717) is 23.0 Å². The second kappa shape index (κ2) is 24.9. The Bertz CT molecular complexity index is 1240. The number of aliphatic hydroxyl groups excluding tert-OH is 11. The van der Waals surface area contributed by atoms with E-state index in [1.165, 1.54) is 13.0 Å². The third-order valence-electron chi connectivity index (χ3n) is 11.0. The highest BCUT2D eigenvalue weighted by atomic mass is 16.7. The van der Waals surface area contributed by atoms with Crippen LogP contribution in [0.3, 0.4) is 0 Å². The lowest BCUT2D eigenvalue weighted by molar-refractivity contribution is -0.317. The number of rotatable bonds is 24. The lowest BCUT2D eigenvalue weighted by Crippen LogP contribution is -2.60. The van der Waals surface area contributed by atoms with Crippen LogP contribution in [0.5, 0.6) is 0 Å². The topological polar surface area (TPSA) is 267 Å². The maximum absolute atomic E-state index is 12.5. The van der Waals surface area contributed by atoms with Crippen molar-refractivity contribution in [2.45, 2.75) is 162 Å². The summed E-state index contributed by atoms with van der Waals surface area (Å²) in [6, 6.07) is 0. The quantitative estimate of drug-likeness (QED) is 0.0365. The van der Waals surface area contributed by atoms with Crippen molar-refractivity contribution in [1.82, 2.24) is 0 Å². The fraction of sp³-hybridized carbons (Fsp3) is 0.829. The van der Waals surface area contributed by atoms with Crippen LogP contribution in [-0.2, 0) is 19.0 Å². The van der Waals surface area contributed by atoms with Crippen molar-refractivity contribution in [2.75, 3.05) is 19.8 Å². The van der Waals surface area contributed by atoms with Crippen molar-refractivity contribution in [3.8, 4) is 0 Å². The molecule has 1 saturated heterocycles. The van der Waals surface area contributed by atoms with Gasteiger partial charge in [-0.1, -0.05) is 73.1 Å². The van der Waals surface area contributed by atoms with Gasteiger partial charge in [-0.2, -0.15) is 0 Å². The summed E-state index contributed by atoms with van der Waals surface area (Å²) in [6.45, 7) is 16.8. The van der Waals surface area contributed by atoms with Crippen LogP contribution >= 0.6 is 0 Å². The summed E-state index contributed by atoms with van der Waals surface area (Å²) in [6.07, 6.45) is -8.89. The minimum atomic E-state index is -1.88. The number of hydrogen-bond donors (Lipinski definition) is 11. The van der Waals surface area contributed by atoms with E-state index >= 15 is 0 Å². The zero-order valence-electron chi connectivity index (χ0n) is 34.9. The Labute approximate surface area is 333 Å². The van der Waals surface area contributed by atoms with Crippen LogP contribution in [0, 0.1) is 35.5 Å². The van der Waals surface area contributed by atoms with Crippen molar-refractivity contribution in [1.29, 1.82) is 0 Å². The molecule has 15 heteroatoms. The molecule has 0 aromatic rings. The highest BCUT2D eigenvalue weighted by molar-refractivity contribution is 5.87. The Balaban J connectivity index is 3.12. The first-order chi connectivity index (χ1) is 26.0. The minimum absolute atomic E-state index is 0.0574. The molecule has 0 amide bonds. The maximum atomic E-state index is 12.5. The third kappa shape index (κ3) is 15.7. The van der Waals surface area contributed by atoms with E-state index in [1.54, 1.807) is 33.8 Å². The van der Waals surface area contributed by atoms with Gasteiger partial charge in [-0.3, -0.25) is 0 Å². The average molecular weight is 807 g/mol. The van der Waals surface area contributed by atoms with Gasteiger partial charge < -0.3 is 70.4 Å². The van der Waals surface area contributed by atoms with Crippen LogP contribution in [0.1, 0.15) is 88.5 Å². The molecule has 1 rings (SSSR count). The van der Waals surface area contributed by atoms with Gasteiger partial charge in [-0.05, 0) is 62.5 Å². The monoisotopic (exact) mass is 807 g/mol. The summed E-state index contributed by atoms with van der Waals surface area (Å²) in [4.78, 5) is 12.5. The van der Waals surface area contributed by atoms with Crippen LogP contribution < -0.4 is 0 Å². The first kappa shape index (κ1) is 52.2. The van der Waals surface area contributed by atoms with E-state index in [0.717, 1.165) is 19.3 Å². The number of carbonyl (C=O) groups is 1. The van der Waals surface area contributed by atoms with Crippen LogP contribution in [-0.4, -0.2) is 155 Å². The number of ether oxygens (including phenoxy) is 3. The van der Waals surface area contributed by atoms with E-state index in [9.17, 15) is 55.9 Å². The molecule has 0 radical (unpaired) electrons. The van der Waals surface area contributed by atoms with Crippen molar-refractivity contribution in [3.05, 3.63) is 34.9 Å². The van der Waals surface area contributed by atoms with Gasteiger partial charge in [-0.15, -0.1) is 0 Å². The van der Waals surface area contributed by atoms with Crippen molar-refractivity contribution in [3.63, 3.8) is 0 Å². The molecule has 11 N–H and O–H groups in total. The zero-order chi connectivity index (χ0) is 43.2. The Morgan fingerprint density at radius 3 is 1.73 bits per heavy atom. The summed E-state index contributed by atoms with van der Waals surface area (Å²) in [5, 5.41) is 112. The zero-order valence-corrected chi connectivity index (χ0v) is 34.9. The highest BCUT2D eigenvalue weighted by Gasteiger charge is 2.45. The number of carbonyl (C=O) groups excluding carboxylic acids is 1. The predicted octanol–water partition coefficient (Wildman–Crippen LogP) is 0.718. The summed E-state index contributed by atoms with van der Waals surface area (Å²) in [7, 11) is 0. The van der Waals surface area contributed by atoms with Crippen molar-refractivity contribution in [2.24, 2.45) is 35.5 Å². The lowest BCUT2D eigenvalue weighted by atomic mass is 9.82. The molecule has 15 nitrogen and oxygen atoms in total. The molecule has 0 aromatic carbocycles. The van der Waals surface area contributed by atoms with Gasteiger partial charge in [0.2, 0.25) is 0 Å². The van der Waals surface area contributed by atoms with Gasteiger partial charge in [0.05, 0.1) is 31.5 Å². The summed E-state index contributed by atoms with van der Waals surface area (Å²) in [5.74, 6) is -1.37. The Morgan fingerprint density at radius 2 is 1.21 bits per heavy atom. The van der Waals surface area contributed by atoms with Gasteiger partial charge in [0.25, 0.3) is 0 Å². The highest BCUT2D eigenvalue weighted by Crippen LogP contribution is 2.33. The van der Waals surface area contributed by atoms with Crippen LogP contribution in [0.15, 0.2) is 34.9 Å². The molecule has 0 saturated carbocycles. The molecule has 0 aliphatic carbocycles. The van der Waals surface area contributed by atoms with E-state index in [2.05, 4.69) is 20.8 Å². The average Bonchev–Trinajstić information content (AvgIpc) is 3.16. The van der Waals surface area contributed by atoms with Crippen LogP contribution in [0.4, 0.5) is 0 Å². The molecule has 1 aliphatic heterocycles. The Morgan fingerprint density at radius 1 is 0.696 bits per heavy atom. The minimum Gasteiger partial charge on any atom is -0.459 e. The normalized spacial score (nSPS) is 28.5. The molecule has 0 unspecified atom stereocenters. The van der Waals surface area contributed by atoms with Crippen molar-refractivity contribution >= 4 is 5.97 Å². The number of aliphatic hydroxyl groups is 11. The molecular formula is C41H74O15. The molecule has 0 spiro atoms. The SMILES string of the molecule is CC[C@H](C)C[C@H](C)C[C@H](C)[C@@H](O[C@@H]1O[C@H](CO)[C@@H](O)[C@H](O)[C@H]1O)[C@@H](C)/C=C(\C)[C@@H](O)[C@@H](C)/C=C(\C)[C@@H](O)[C@@H](C)/C=C(\C)C(=O)OC[C@@H](O)[C@@H](O)[C@H](O)[C@H](O)CO. The molecule has 56 heavy (non-hydrogen) atoms. The van der Waals surface area contributed by atoms with Gasteiger partial charge >= 0.3 is 5.97 Å². The van der Waals surface area contributed by atoms with Gasteiger partial charge in [0.15, 0.2) is 6.29 Å². The lowest BCUT2D eigenvalue weighted by Gasteiger charge is -2.42. The summed E-state index contributed by atoms with van der Waals surface area (Å²) in [5.41, 5.74) is 1.26. The molecule has 0 aromatic heterocycles. The van der Waals surface area contributed by atoms with E-state index < -0.39 is 111 Å². The number of hydrogen-bond acceptors (Lipinski definition) is 15. The van der Waals surface area contributed by atoms with Gasteiger partial charge in [-0.25, -0.2) is 4.79 Å². The number of esters is 1. The smallest absolute Gasteiger partial charge is 0.333 e. The van der Waals surface area contributed by atoms with Gasteiger partial charge in [0.1, 0.15) is 55.4 Å². The van der Waals surface area contributed by atoms with E-state index in [1.807, 2.05) is 19.9 Å². The second-order valence-corrected chi connectivity index (χ2v) is 16.4. The van der Waals surface area contributed by atoms with Gasteiger partial charge in [0, 0.05) is 23.3 Å². The summed E-state index contributed by atoms with van der Waals surface area (Å²) >= 11 is 0. The first-order valence-corrected chi connectivity index (χ1v) is 19.9. The molecular weight excluding hydrogens is 732 g/mol. The Kier molecular flexibility index (Phi) is 23.2. The van der Waals surface area contributed by atoms with Crippen molar-refractivity contribution < 1.29 is 75.2 Å². The molecule has 328 valence electrons. The molecule has 1 heterocycles. The maximum Gasteiger partial charge on any atom is 0.333 e. The fourth-order valence-corrected chi connectivity index (χ4v) is 7.36. The second-order valence-electron chi connectivity index (χ2n) is 16.4. The molecule has 1 aliphatic rings. The first-order valence-electron chi connectivity index (χ1n) is 19.9. The van der Waals surface area contributed by atoms with E-state index in [4.69, 9.17) is 19.3 Å². The summed E-state index contributed by atoms with van der Waals surface area (Å²) < 4.78 is 17.1. The largest absolute Gasteiger partial charge is 0.459 e. The van der Waals surface area contributed by atoms with E-state index in [-0.39, 0.29) is 17.4 Å². The van der Waals surface area contributed by atoms with Crippen LogP contribution in [0.2, 0.25) is 0 Å². The predicted molar refractivity (Wildman–Crippen MR) is 209 cm³/mol. The standard InChI is InChI=1S/C41H74O15/c1-11-20(2)12-21(3)13-26(8)39(56-41-38(52)37(51)36(50)31(18-43)55-41)27(9)15-24(6)32(46)22(4)14-23(5)33(47)25(7)16-28(10)40(53)54-19-30(45)35(49)34(48)29(44)17-42/h14-16,20-22,25-27,29-39,41-52H,11-13,17-19H2,1-10H3/b23-14+,24-15+,28-16+/t20-,21-,22-,25-,26-,27-,29+,30+,31+,32-,33+,34+,35+,36+,37-,38+,39+,41-/m0/s1. The fourth-order valence-electron chi connectivity index (χ4n) is 7.36. The third-order valence-corrected chi connectivity index (χ3v) is 11.0. The molecule has 1 fully saturated rings. The van der Waals surface area contributed by atoms with Crippen LogP contribution in [0.25, 0.3) is 0 Å². The Hall–Kier alpha value is -1.83.